The van der Waals surface area contributed by atoms with E-state index in [0.29, 0.717) is 0 Å². The molecule has 10 heteroatoms. The largest absolute Gasteiger partial charge is 0.396 e. The monoisotopic (exact) mass is 348 g/mol. The Morgan fingerprint density at radius 1 is 1.32 bits per heavy atom. The lowest BCUT2D eigenvalue weighted by Gasteiger charge is -2.35. The smallest absolute Gasteiger partial charge is 0.269 e. The van der Waals surface area contributed by atoms with Crippen LogP contribution in [0.2, 0.25) is 0 Å². The molecule has 0 atom stereocenters. The first-order chi connectivity index (χ1) is 10.4. The first-order valence-electron chi connectivity index (χ1n) is 7.09. The van der Waals surface area contributed by atoms with Gasteiger partial charge in [0.25, 0.3) is 10.0 Å². The minimum absolute atomic E-state index is 0.0389. The van der Waals surface area contributed by atoms with Gasteiger partial charge in [-0.15, -0.1) is 10.2 Å². The number of rotatable bonds is 6. The minimum atomic E-state index is -3.79. The van der Waals surface area contributed by atoms with E-state index in [1.54, 1.807) is 0 Å². The molecule has 0 bridgehead atoms. The number of nitrogens with one attached hydrogen (secondary N) is 2. The average molecular weight is 348 g/mol. The first-order valence-corrected chi connectivity index (χ1v) is 9.38. The lowest BCUT2D eigenvalue weighted by Crippen LogP contribution is -2.41. The van der Waals surface area contributed by atoms with Gasteiger partial charge in [0, 0.05) is 25.5 Å². The van der Waals surface area contributed by atoms with E-state index >= 15 is 0 Å². The highest BCUT2D eigenvalue weighted by molar-refractivity contribution is 7.91. The highest BCUT2D eigenvalue weighted by atomic mass is 32.2. The van der Waals surface area contributed by atoms with E-state index in [1.165, 1.54) is 6.92 Å². The molecule has 1 aliphatic rings. The standard InChI is InChI=1S/C12H20N4O4S2/c1-9(18)14-10-15-16-11(21-10)22(19,20)13-7-12(8-17)5-3-2-4-6-12/h13,17H,2-8H2,1H3,(H,14,15,18). The third kappa shape index (κ3) is 4.22. The second kappa shape index (κ2) is 6.99. The summed E-state index contributed by atoms with van der Waals surface area (Å²) in [5.74, 6) is -0.338. The summed E-state index contributed by atoms with van der Waals surface area (Å²) in [5, 5.41) is 19.4. The minimum Gasteiger partial charge on any atom is -0.396 e. The zero-order valence-corrected chi connectivity index (χ0v) is 14.0. The Balaban J connectivity index is 2.04. The van der Waals surface area contributed by atoms with Crippen LogP contribution < -0.4 is 10.0 Å². The normalized spacial score (nSPS) is 18.1. The maximum absolute atomic E-state index is 12.2. The van der Waals surface area contributed by atoms with Gasteiger partial charge in [0.05, 0.1) is 0 Å². The number of hydrogen-bond donors (Lipinski definition) is 3. The van der Waals surface area contributed by atoms with Crippen molar-refractivity contribution >= 4 is 32.4 Å². The number of aromatic nitrogens is 2. The van der Waals surface area contributed by atoms with Gasteiger partial charge in [0.15, 0.2) is 0 Å². The van der Waals surface area contributed by atoms with Crippen molar-refractivity contribution < 1.29 is 18.3 Å². The highest BCUT2D eigenvalue weighted by Crippen LogP contribution is 2.35. The highest BCUT2D eigenvalue weighted by Gasteiger charge is 2.33. The summed E-state index contributed by atoms with van der Waals surface area (Å²) in [6, 6.07) is 0. The Kier molecular flexibility index (Phi) is 5.48. The van der Waals surface area contributed by atoms with Gasteiger partial charge in [-0.25, -0.2) is 13.1 Å². The number of nitrogens with zero attached hydrogens (tertiary/aromatic N) is 2. The molecule has 1 aromatic rings. The number of hydrogen-bond acceptors (Lipinski definition) is 7. The molecule has 1 aliphatic carbocycles. The van der Waals surface area contributed by atoms with Crippen molar-refractivity contribution in [1.29, 1.82) is 0 Å². The third-order valence-electron chi connectivity index (χ3n) is 3.81. The molecule has 124 valence electrons. The van der Waals surface area contributed by atoms with Crippen molar-refractivity contribution in [3.8, 4) is 0 Å². The Morgan fingerprint density at radius 3 is 2.59 bits per heavy atom. The van der Waals surface area contributed by atoms with Crippen LogP contribution in [0.15, 0.2) is 4.34 Å². The van der Waals surface area contributed by atoms with Crippen LogP contribution >= 0.6 is 11.3 Å². The van der Waals surface area contributed by atoms with Gasteiger partial charge in [0.2, 0.25) is 15.4 Å². The SMILES string of the molecule is CC(=O)Nc1nnc(S(=O)(=O)NCC2(CO)CCCCC2)s1. The summed E-state index contributed by atoms with van der Waals surface area (Å²) < 4.78 is 26.8. The summed E-state index contributed by atoms with van der Waals surface area (Å²) in [5.41, 5.74) is -0.392. The van der Waals surface area contributed by atoms with E-state index in [1.807, 2.05) is 0 Å². The van der Waals surface area contributed by atoms with Gasteiger partial charge in [-0.2, -0.15) is 0 Å². The molecule has 1 aromatic heterocycles. The van der Waals surface area contributed by atoms with Crippen molar-refractivity contribution in [2.45, 2.75) is 43.4 Å². The molecule has 0 aliphatic heterocycles. The lowest BCUT2D eigenvalue weighted by atomic mass is 9.75. The first kappa shape index (κ1) is 17.3. The van der Waals surface area contributed by atoms with Gasteiger partial charge in [-0.05, 0) is 12.8 Å². The number of carbonyl (C=O) groups excluding carboxylic acids is 1. The predicted molar refractivity (Wildman–Crippen MR) is 82.0 cm³/mol. The molecule has 1 heterocycles. The lowest BCUT2D eigenvalue weighted by molar-refractivity contribution is -0.114. The molecule has 3 N–H and O–H groups in total. The number of carbonyl (C=O) groups is 1. The van der Waals surface area contributed by atoms with Crippen molar-refractivity contribution in [2.24, 2.45) is 5.41 Å². The van der Waals surface area contributed by atoms with Crippen LogP contribution in [0.4, 0.5) is 5.13 Å². The van der Waals surface area contributed by atoms with E-state index in [0.717, 1.165) is 43.4 Å². The Morgan fingerprint density at radius 2 is 2.00 bits per heavy atom. The van der Waals surface area contributed by atoms with E-state index in [9.17, 15) is 18.3 Å². The molecule has 0 aromatic carbocycles. The van der Waals surface area contributed by atoms with Gasteiger partial charge in [-0.3, -0.25) is 4.79 Å². The molecular formula is C12H20N4O4S2. The number of anilines is 1. The van der Waals surface area contributed by atoms with Crippen LogP contribution in [-0.4, -0.2) is 42.8 Å². The zero-order chi connectivity index (χ0) is 16.2. The van der Waals surface area contributed by atoms with Crippen molar-refractivity contribution in [1.82, 2.24) is 14.9 Å². The molecule has 2 rings (SSSR count). The van der Waals surface area contributed by atoms with Crippen molar-refractivity contribution in [3.63, 3.8) is 0 Å². The topological polar surface area (TPSA) is 121 Å². The maximum atomic E-state index is 12.2. The molecule has 1 fully saturated rings. The fourth-order valence-corrected chi connectivity index (χ4v) is 4.67. The number of aliphatic hydroxyl groups excluding tert-OH is 1. The number of amides is 1. The Labute approximate surface area is 133 Å². The van der Waals surface area contributed by atoms with Gasteiger partial charge >= 0.3 is 0 Å². The van der Waals surface area contributed by atoms with Crippen LogP contribution in [0, 0.1) is 5.41 Å². The number of aliphatic hydroxyl groups is 1. The van der Waals surface area contributed by atoms with E-state index in [-0.39, 0.29) is 28.5 Å². The molecule has 0 saturated heterocycles. The van der Waals surface area contributed by atoms with Gasteiger partial charge in [0.1, 0.15) is 0 Å². The van der Waals surface area contributed by atoms with Crippen LogP contribution in [-0.2, 0) is 14.8 Å². The Hall–Kier alpha value is -1.10. The summed E-state index contributed by atoms with van der Waals surface area (Å²) in [6.07, 6.45) is 4.71. The van der Waals surface area contributed by atoms with E-state index in [2.05, 4.69) is 20.2 Å². The van der Waals surface area contributed by atoms with E-state index < -0.39 is 15.4 Å². The van der Waals surface area contributed by atoms with E-state index in [4.69, 9.17) is 0 Å². The second-order valence-corrected chi connectivity index (χ2v) is 8.52. The molecule has 8 nitrogen and oxygen atoms in total. The average Bonchev–Trinajstić information content (AvgIpc) is 2.95. The molecule has 22 heavy (non-hydrogen) atoms. The summed E-state index contributed by atoms with van der Waals surface area (Å²) in [6.45, 7) is 1.45. The zero-order valence-electron chi connectivity index (χ0n) is 12.3. The second-order valence-electron chi connectivity index (χ2n) is 5.60. The van der Waals surface area contributed by atoms with Gasteiger partial charge in [-0.1, -0.05) is 30.6 Å². The third-order valence-corrected chi connectivity index (χ3v) is 6.41. The molecule has 0 unspecified atom stereocenters. The summed E-state index contributed by atoms with van der Waals surface area (Å²) in [4.78, 5) is 10.9. The fourth-order valence-electron chi connectivity index (χ4n) is 2.52. The van der Waals surface area contributed by atoms with Crippen molar-refractivity contribution in [2.75, 3.05) is 18.5 Å². The predicted octanol–water partition coefficient (Wildman–Crippen LogP) is 0.718. The van der Waals surface area contributed by atoms with Crippen molar-refractivity contribution in [3.05, 3.63) is 0 Å². The van der Waals surface area contributed by atoms with Gasteiger partial charge < -0.3 is 10.4 Å². The molecule has 0 spiro atoms. The molecular weight excluding hydrogens is 328 g/mol. The molecule has 1 amide bonds. The molecule has 0 radical (unpaired) electrons. The van der Waals surface area contributed by atoms with Crippen LogP contribution in [0.5, 0.6) is 0 Å². The summed E-state index contributed by atoms with van der Waals surface area (Å²) in [7, 11) is -3.79. The quantitative estimate of drug-likeness (QED) is 0.651. The number of sulfonamides is 1. The molecule has 1 saturated carbocycles. The van der Waals surface area contributed by atoms with Crippen LogP contribution in [0.25, 0.3) is 0 Å². The Bertz CT molecular complexity index is 623. The summed E-state index contributed by atoms with van der Waals surface area (Å²) >= 11 is 0.794. The van der Waals surface area contributed by atoms with Crippen LogP contribution in [0.1, 0.15) is 39.0 Å². The maximum Gasteiger partial charge on any atom is 0.269 e. The fraction of sp³-hybridized carbons (Fsp3) is 0.750. The van der Waals surface area contributed by atoms with Crippen LogP contribution in [0.3, 0.4) is 0 Å².